The normalized spacial score (nSPS) is 13.4. The van der Waals surface area contributed by atoms with Crippen LogP contribution in [0, 0.1) is 0 Å². The fraction of sp³-hybridized carbons (Fsp3) is 1.00. The predicted molar refractivity (Wildman–Crippen MR) is 67.0 cm³/mol. The summed E-state index contributed by atoms with van der Waals surface area (Å²) >= 11 is 12.5. The van der Waals surface area contributed by atoms with E-state index in [1.807, 2.05) is 23.5 Å². The lowest BCUT2D eigenvalue weighted by Gasteiger charge is -2.11. The van der Waals surface area contributed by atoms with Crippen LogP contribution in [0.3, 0.4) is 0 Å². The van der Waals surface area contributed by atoms with Crippen molar-refractivity contribution in [3.63, 3.8) is 0 Å². The van der Waals surface area contributed by atoms with Gasteiger partial charge in [-0.1, -0.05) is 6.92 Å². The van der Waals surface area contributed by atoms with Crippen molar-refractivity contribution < 1.29 is 0 Å². The van der Waals surface area contributed by atoms with Gasteiger partial charge in [0.25, 0.3) is 0 Å². The van der Waals surface area contributed by atoms with Crippen molar-refractivity contribution in [2.45, 2.75) is 12.2 Å². The van der Waals surface area contributed by atoms with Gasteiger partial charge in [0.15, 0.2) is 0 Å². The van der Waals surface area contributed by atoms with Crippen molar-refractivity contribution in [3.8, 4) is 0 Å². The van der Waals surface area contributed by atoms with Crippen molar-refractivity contribution >= 4 is 48.8 Å². The molecule has 0 spiro atoms. The SMILES string of the molecule is CCSCC(CS)SCCS. The van der Waals surface area contributed by atoms with Crippen LogP contribution in [-0.2, 0) is 0 Å². The van der Waals surface area contributed by atoms with Crippen LogP contribution >= 0.6 is 48.8 Å². The summed E-state index contributed by atoms with van der Waals surface area (Å²) in [6, 6.07) is 0. The van der Waals surface area contributed by atoms with Crippen LogP contribution in [0.2, 0.25) is 0 Å². The summed E-state index contributed by atoms with van der Waals surface area (Å²) in [6.07, 6.45) is 0. The van der Waals surface area contributed by atoms with E-state index in [1.165, 1.54) is 11.5 Å². The third-order valence-corrected chi connectivity index (χ3v) is 4.87. The van der Waals surface area contributed by atoms with E-state index >= 15 is 0 Å². The molecule has 0 saturated carbocycles. The molecular formula is C7H16S4. The van der Waals surface area contributed by atoms with Gasteiger partial charge in [-0.25, -0.2) is 0 Å². The summed E-state index contributed by atoms with van der Waals surface area (Å²) < 4.78 is 0. The zero-order chi connectivity index (χ0) is 8.53. The van der Waals surface area contributed by atoms with Gasteiger partial charge in [-0.05, 0) is 11.5 Å². The number of rotatable bonds is 7. The lowest BCUT2D eigenvalue weighted by molar-refractivity contribution is 1.15. The average Bonchev–Trinajstić information content (AvgIpc) is 2.05. The molecule has 0 aliphatic carbocycles. The molecule has 0 aromatic heterocycles. The summed E-state index contributed by atoms with van der Waals surface area (Å²) in [5.41, 5.74) is 0. The average molecular weight is 228 g/mol. The highest BCUT2D eigenvalue weighted by molar-refractivity contribution is 8.04. The Hall–Kier alpha value is 1.40. The van der Waals surface area contributed by atoms with E-state index in [2.05, 4.69) is 32.2 Å². The minimum Gasteiger partial charge on any atom is -0.179 e. The highest BCUT2D eigenvalue weighted by Gasteiger charge is 2.05. The maximum absolute atomic E-state index is 4.30. The predicted octanol–water partition coefficient (Wildman–Crippen LogP) is 2.70. The van der Waals surface area contributed by atoms with Gasteiger partial charge in [0.2, 0.25) is 0 Å². The Labute approximate surface area is 89.5 Å². The second-order valence-electron chi connectivity index (χ2n) is 2.06. The molecule has 0 bridgehead atoms. The quantitative estimate of drug-likeness (QED) is 0.643. The van der Waals surface area contributed by atoms with Crippen molar-refractivity contribution in [2.75, 3.05) is 28.8 Å². The third-order valence-electron chi connectivity index (χ3n) is 1.16. The molecule has 1 atom stereocenters. The largest absolute Gasteiger partial charge is 0.179 e. The molecule has 0 aliphatic heterocycles. The molecule has 0 aromatic carbocycles. The minimum absolute atomic E-state index is 0.718. The monoisotopic (exact) mass is 228 g/mol. The van der Waals surface area contributed by atoms with Gasteiger partial charge >= 0.3 is 0 Å². The molecule has 0 aliphatic rings. The van der Waals surface area contributed by atoms with Gasteiger partial charge in [-0.2, -0.15) is 48.8 Å². The van der Waals surface area contributed by atoms with Gasteiger partial charge in [-0.3, -0.25) is 0 Å². The summed E-state index contributed by atoms with van der Waals surface area (Å²) in [6.45, 7) is 2.20. The lowest BCUT2D eigenvalue weighted by atomic mass is 10.5. The van der Waals surface area contributed by atoms with Gasteiger partial charge < -0.3 is 0 Å². The van der Waals surface area contributed by atoms with Crippen LogP contribution in [-0.4, -0.2) is 34.0 Å². The van der Waals surface area contributed by atoms with Crippen LogP contribution in [0.15, 0.2) is 0 Å². The number of hydrogen-bond donors (Lipinski definition) is 2. The van der Waals surface area contributed by atoms with Gasteiger partial charge in [0.1, 0.15) is 0 Å². The maximum Gasteiger partial charge on any atom is 0.0226 e. The van der Waals surface area contributed by atoms with Gasteiger partial charge in [0.05, 0.1) is 0 Å². The van der Waals surface area contributed by atoms with E-state index in [0.29, 0.717) is 0 Å². The number of thioether (sulfide) groups is 2. The van der Waals surface area contributed by atoms with Crippen LogP contribution in [0.5, 0.6) is 0 Å². The molecule has 1 unspecified atom stereocenters. The van der Waals surface area contributed by atoms with Crippen LogP contribution < -0.4 is 0 Å². The Bertz CT molecular complexity index is 68.8. The Morgan fingerprint density at radius 3 is 2.55 bits per heavy atom. The van der Waals surface area contributed by atoms with Crippen molar-refractivity contribution in [3.05, 3.63) is 0 Å². The van der Waals surface area contributed by atoms with E-state index in [4.69, 9.17) is 0 Å². The first kappa shape index (κ1) is 12.4. The molecule has 0 nitrogen and oxygen atoms in total. The Morgan fingerprint density at radius 2 is 2.09 bits per heavy atom. The molecule has 11 heavy (non-hydrogen) atoms. The first-order valence-electron chi connectivity index (χ1n) is 3.76. The molecule has 0 aromatic rings. The second kappa shape index (κ2) is 9.49. The fourth-order valence-corrected chi connectivity index (χ4v) is 3.39. The molecule has 0 N–H and O–H groups in total. The van der Waals surface area contributed by atoms with Crippen LogP contribution in [0.25, 0.3) is 0 Å². The van der Waals surface area contributed by atoms with Crippen molar-refractivity contribution in [1.82, 2.24) is 0 Å². The molecule has 0 radical (unpaired) electrons. The zero-order valence-corrected chi connectivity index (χ0v) is 10.2. The highest BCUT2D eigenvalue weighted by Crippen LogP contribution is 2.17. The summed E-state index contributed by atoms with van der Waals surface area (Å²) in [5, 5.41) is 0.718. The lowest BCUT2D eigenvalue weighted by Crippen LogP contribution is -2.09. The molecule has 0 heterocycles. The number of hydrogen-bond acceptors (Lipinski definition) is 4. The molecule has 0 fully saturated rings. The topological polar surface area (TPSA) is 0 Å². The summed E-state index contributed by atoms with van der Waals surface area (Å²) in [5.74, 6) is 5.57. The summed E-state index contributed by atoms with van der Waals surface area (Å²) in [7, 11) is 0. The maximum atomic E-state index is 4.30. The Balaban J connectivity index is 3.25. The van der Waals surface area contributed by atoms with Crippen molar-refractivity contribution in [1.29, 1.82) is 0 Å². The second-order valence-corrected chi connectivity index (χ2v) is 5.60. The Morgan fingerprint density at radius 1 is 1.36 bits per heavy atom. The number of thiol groups is 2. The van der Waals surface area contributed by atoms with Gasteiger partial charge in [-0.15, -0.1) is 0 Å². The molecular weight excluding hydrogens is 212 g/mol. The first-order valence-corrected chi connectivity index (χ1v) is 7.23. The van der Waals surface area contributed by atoms with Gasteiger partial charge in [0, 0.05) is 22.5 Å². The smallest absolute Gasteiger partial charge is 0.0226 e. The van der Waals surface area contributed by atoms with Crippen LogP contribution in [0.4, 0.5) is 0 Å². The van der Waals surface area contributed by atoms with E-state index in [0.717, 1.165) is 22.5 Å². The van der Waals surface area contributed by atoms with E-state index in [9.17, 15) is 0 Å². The van der Waals surface area contributed by atoms with Crippen LogP contribution in [0.1, 0.15) is 6.92 Å². The van der Waals surface area contributed by atoms with Crippen molar-refractivity contribution in [2.24, 2.45) is 0 Å². The molecule has 0 saturated heterocycles. The molecule has 68 valence electrons. The first-order chi connectivity index (χ1) is 5.35. The Kier molecular flexibility index (Phi) is 10.7. The van der Waals surface area contributed by atoms with E-state index < -0.39 is 0 Å². The standard InChI is InChI=1S/C7H16S4/c1-2-10-6-7(5-9)11-4-3-8/h7-9H,2-6H2,1H3. The fourth-order valence-electron chi connectivity index (χ4n) is 0.622. The van der Waals surface area contributed by atoms with E-state index in [1.54, 1.807) is 0 Å². The third kappa shape index (κ3) is 7.75. The molecule has 0 rings (SSSR count). The minimum atomic E-state index is 0.718. The van der Waals surface area contributed by atoms with E-state index in [-0.39, 0.29) is 0 Å². The highest BCUT2D eigenvalue weighted by atomic mass is 32.2. The molecule has 4 heteroatoms. The zero-order valence-electron chi connectivity index (χ0n) is 6.82. The molecule has 0 amide bonds. The summed E-state index contributed by atoms with van der Waals surface area (Å²) in [4.78, 5) is 0.